The van der Waals surface area contributed by atoms with Gasteiger partial charge in [0.15, 0.2) is 0 Å². The molecule has 0 atom stereocenters. The highest BCUT2D eigenvalue weighted by Gasteiger charge is 1.97. The Labute approximate surface area is 105 Å². The molecule has 88 valence electrons. The predicted molar refractivity (Wildman–Crippen MR) is 69.6 cm³/mol. The molecule has 0 fully saturated rings. The number of anilines is 1. The molecule has 0 radical (unpaired) electrons. The molecule has 1 N–H and O–H groups in total. The largest absolute Gasteiger partial charge is 0.497 e. The van der Waals surface area contributed by atoms with Crippen molar-refractivity contribution in [1.29, 1.82) is 0 Å². The second-order valence-electron chi connectivity index (χ2n) is 3.55. The SMILES string of the molecule is COc1ccc(CNc2cccc(Cl)n2)cc1. The first-order chi connectivity index (χ1) is 8.28. The normalized spacial score (nSPS) is 10.0. The van der Waals surface area contributed by atoms with Gasteiger partial charge >= 0.3 is 0 Å². The van der Waals surface area contributed by atoms with E-state index in [1.165, 1.54) is 0 Å². The van der Waals surface area contributed by atoms with Crippen LogP contribution in [0.1, 0.15) is 5.56 Å². The summed E-state index contributed by atoms with van der Waals surface area (Å²) < 4.78 is 5.10. The van der Waals surface area contributed by atoms with E-state index in [-0.39, 0.29) is 0 Å². The van der Waals surface area contributed by atoms with Crippen LogP contribution < -0.4 is 10.1 Å². The van der Waals surface area contributed by atoms with Crippen LogP contribution in [0.5, 0.6) is 5.75 Å². The number of methoxy groups -OCH3 is 1. The molecular weight excluding hydrogens is 236 g/mol. The predicted octanol–water partition coefficient (Wildman–Crippen LogP) is 3.36. The zero-order chi connectivity index (χ0) is 12.1. The number of nitrogens with one attached hydrogen (secondary N) is 1. The molecule has 0 spiro atoms. The minimum Gasteiger partial charge on any atom is -0.497 e. The van der Waals surface area contributed by atoms with Crippen molar-refractivity contribution in [2.45, 2.75) is 6.54 Å². The molecule has 1 aromatic heterocycles. The third-order valence-corrected chi connectivity index (χ3v) is 2.56. The number of hydrogen-bond acceptors (Lipinski definition) is 3. The van der Waals surface area contributed by atoms with E-state index < -0.39 is 0 Å². The molecule has 0 aliphatic heterocycles. The third-order valence-electron chi connectivity index (χ3n) is 2.35. The first-order valence-corrected chi connectivity index (χ1v) is 5.65. The maximum Gasteiger partial charge on any atom is 0.131 e. The summed E-state index contributed by atoms with van der Waals surface area (Å²) >= 11 is 5.80. The molecule has 0 aliphatic rings. The summed E-state index contributed by atoms with van der Waals surface area (Å²) in [7, 11) is 1.66. The standard InChI is InChI=1S/C13H13ClN2O/c1-17-11-7-5-10(6-8-11)9-15-13-4-2-3-12(14)16-13/h2-8H,9H2,1H3,(H,15,16). The first kappa shape index (κ1) is 11.7. The average Bonchev–Trinajstić information content (AvgIpc) is 2.37. The molecule has 0 aliphatic carbocycles. The quantitative estimate of drug-likeness (QED) is 0.843. The van der Waals surface area contributed by atoms with Crippen LogP contribution in [-0.2, 0) is 6.54 Å². The summed E-state index contributed by atoms with van der Waals surface area (Å²) in [6.07, 6.45) is 0. The van der Waals surface area contributed by atoms with E-state index in [1.807, 2.05) is 36.4 Å². The van der Waals surface area contributed by atoms with Gasteiger partial charge in [0.05, 0.1) is 7.11 Å². The highest BCUT2D eigenvalue weighted by Crippen LogP contribution is 2.13. The minimum absolute atomic E-state index is 0.490. The number of halogens is 1. The molecule has 17 heavy (non-hydrogen) atoms. The molecule has 2 rings (SSSR count). The van der Waals surface area contributed by atoms with Crippen LogP contribution in [0.4, 0.5) is 5.82 Å². The van der Waals surface area contributed by atoms with Gasteiger partial charge in [0.1, 0.15) is 16.7 Å². The summed E-state index contributed by atoms with van der Waals surface area (Å²) in [5, 5.41) is 3.69. The number of ether oxygens (including phenoxy) is 1. The van der Waals surface area contributed by atoms with Crippen molar-refractivity contribution >= 4 is 17.4 Å². The summed E-state index contributed by atoms with van der Waals surface area (Å²) in [5.41, 5.74) is 1.16. The Balaban J connectivity index is 1.97. The first-order valence-electron chi connectivity index (χ1n) is 5.27. The van der Waals surface area contributed by atoms with Gasteiger partial charge in [-0.3, -0.25) is 0 Å². The van der Waals surface area contributed by atoms with Gasteiger partial charge in [0.2, 0.25) is 0 Å². The average molecular weight is 249 g/mol. The second-order valence-corrected chi connectivity index (χ2v) is 3.93. The fourth-order valence-corrected chi connectivity index (χ4v) is 1.61. The lowest BCUT2D eigenvalue weighted by Crippen LogP contribution is -2.01. The molecule has 2 aromatic rings. The molecular formula is C13H13ClN2O. The molecule has 0 saturated heterocycles. The Kier molecular flexibility index (Phi) is 3.83. The molecule has 0 unspecified atom stereocenters. The molecule has 0 bridgehead atoms. The Hall–Kier alpha value is -1.74. The molecule has 4 heteroatoms. The fourth-order valence-electron chi connectivity index (χ4n) is 1.44. The van der Waals surface area contributed by atoms with Gasteiger partial charge in [-0.2, -0.15) is 0 Å². The van der Waals surface area contributed by atoms with Crippen molar-refractivity contribution in [2.24, 2.45) is 0 Å². The monoisotopic (exact) mass is 248 g/mol. The summed E-state index contributed by atoms with van der Waals surface area (Å²) in [6, 6.07) is 13.4. The Morgan fingerprint density at radius 1 is 1.18 bits per heavy atom. The van der Waals surface area contributed by atoms with Gasteiger partial charge < -0.3 is 10.1 Å². The Bertz CT molecular complexity index is 485. The zero-order valence-corrected chi connectivity index (χ0v) is 10.2. The van der Waals surface area contributed by atoms with Gasteiger partial charge in [-0.1, -0.05) is 29.8 Å². The van der Waals surface area contributed by atoms with E-state index >= 15 is 0 Å². The minimum atomic E-state index is 0.490. The lowest BCUT2D eigenvalue weighted by Gasteiger charge is -2.06. The van der Waals surface area contributed by atoms with Crippen LogP contribution in [0.25, 0.3) is 0 Å². The van der Waals surface area contributed by atoms with Crippen LogP contribution in [-0.4, -0.2) is 12.1 Å². The highest BCUT2D eigenvalue weighted by atomic mass is 35.5. The van der Waals surface area contributed by atoms with Gasteiger partial charge in [0, 0.05) is 6.54 Å². The van der Waals surface area contributed by atoms with Crippen molar-refractivity contribution in [3.63, 3.8) is 0 Å². The summed E-state index contributed by atoms with van der Waals surface area (Å²) in [5.74, 6) is 1.63. The molecule has 0 saturated carbocycles. The van der Waals surface area contributed by atoms with E-state index in [1.54, 1.807) is 13.2 Å². The number of hydrogen-bond donors (Lipinski definition) is 1. The molecule has 1 aromatic carbocycles. The number of rotatable bonds is 4. The Morgan fingerprint density at radius 3 is 2.59 bits per heavy atom. The van der Waals surface area contributed by atoms with Crippen LogP contribution in [0, 0.1) is 0 Å². The molecule has 0 amide bonds. The van der Waals surface area contributed by atoms with E-state index in [2.05, 4.69) is 10.3 Å². The van der Waals surface area contributed by atoms with Gasteiger partial charge in [-0.25, -0.2) is 4.98 Å². The van der Waals surface area contributed by atoms with Gasteiger partial charge in [-0.15, -0.1) is 0 Å². The lowest BCUT2D eigenvalue weighted by atomic mass is 10.2. The topological polar surface area (TPSA) is 34.1 Å². The molecule has 1 heterocycles. The van der Waals surface area contributed by atoms with Crippen molar-refractivity contribution < 1.29 is 4.74 Å². The number of aromatic nitrogens is 1. The van der Waals surface area contributed by atoms with Crippen LogP contribution in [0.3, 0.4) is 0 Å². The van der Waals surface area contributed by atoms with E-state index in [0.29, 0.717) is 11.7 Å². The lowest BCUT2D eigenvalue weighted by molar-refractivity contribution is 0.414. The van der Waals surface area contributed by atoms with Gasteiger partial charge in [0.25, 0.3) is 0 Å². The van der Waals surface area contributed by atoms with Crippen molar-refractivity contribution in [1.82, 2.24) is 4.98 Å². The third kappa shape index (κ3) is 3.36. The maximum absolute atomic E-state index is 5.80. The van der Waals surface area contributed by atoms with Crippen molar-refractivity contribution in [3.05, 3.63) is 53.2 Å². The second kappa shape index (κ2) is 5.55. The van der Waals surface area contributed by atoms with E-state index in [0.717, 1.165) is 17.1 Å². The highest BCUT2D eigenvalue weighted by molar-refractivity contribution is 6.29. The maximum atomic E-state index is 5.80. The van der Waals surface area contributed by atoms with Crippen LogP contribution >= 0.6 is 11.6 Å². The smallest absolute Gasteiger partial charge is 0.131 e. The molecule has 3 nitrogen and oxygen atoms in total. The van der Waals surface area contributed by atoms with Gasteiger partial charge in [-0.05, 0) is 29.8 Å². The van der Waals surface area contributed by atoms with Crippen molar-refractivity contribution in [3.8, 4) is 5.75 Å². The summed E-state index contributed by atoms with van der Waals surface area (Å²) in [6.45, 7) is 0.706. The summed E-state index contributed by atoms with van der Waals surface area (Å²) in [4.78, 5) is 4.15. The fraction of sp³-hybridized carbons (Fsp3) is 0.154. The number of pyridine rings is 1. The van der Waals surface area contributed by atoms with Crippen molar-refractivity contribution in [2.75, 3.05) is 12.4 Å². The van der Waals surface area contributed by atoms with Crippen LogP contribution in [0.2, 0.25) is 5.15 Å². The number of nitrogens with zero attached hydrogens (tertiary/aromatic N) is 1. The zero-order valence-electron chi connectivity index (χ0n) is 9.48. The van der Waals surface area contributed by atoms with E-state index in [4.69, 9.17) is 16.3 Å². The van der Waals surface area contributed by atoms with Crippen LogP contribution in [0.15, 0.2) is 42.5 Å². The van der Waals surface area contributed by atoms with E-state index in [9.17, 15) is 0 Å². The Morgan fingerprint density at radius 2 is 1.94 bits per heavy atom. The number of benzene rings is 1.